The van der Waals surface area contributed by atoms with Crippen molar-refractivity contribution in [2.24, 2.45) is 5.73 Å². The summed E-state index contributed by atoms with van der Waals surface area (Å²) >= 11 is 0. The van der Waals surface area contributed by atoms with E-state index in [0.717, 1.165) is 19.5 Å². The highest BCUT2D eigenvalue weighted by Gasteiger charge is 2.01. The van der Waals surface area contributed by atoms with Gasteiger partial charge in [0, 0.05) is 6.04 Å². The molecule has 2 nitrogen and oxygen atoms in total. The molecule has 0 spiro atoms. The zero-order chi connectivity index (χ0) is 9.40. The van der Waals surface area contributed by atoms with E-state index >= 15 is 0 Å². The van der Waals surface area contributed by atoms with Gasteiger partial charge in [-0.3, -0.25) is 0 Å². The van der Waals surface area contributed by atoms with Crippen LogP contribution in [0, 0.1) is 0 Å². The summed E-state index contributed by atoms with van der Waals surface area (Å²) in [5.74, 6) is 0. The van der Waals surface area contributed by atoms with E-state index < -0.39 is 0 Å². The van der Waals surface area contributed by atoms with Gasteiger partial charge in [-0.15, -0.1) is 0 Å². The van der Waals surface area contributed by atoms with Crippen LogP contribution < -0.4 is 5.73 Å². The Balaban J connectivity index is 3.28. The lowest BCUT2D eigenvalue weighted by Gasteiger charge is -2.18. The van der Waals surface area contributed by atoms with Gasteiger partial charge in [-0.05, 0) is 38.9 Å². The largest absolute Gasteiger partial charge is 0.328 e. The van der Waals surface area contributed by atoms with Crippen molar-refractivity contribution >= 4 is 0 Å². The summed E-state index contributed by atoms with van der Waals surface area (Å²) in [4.78, 5) is 2.45. The second-order valence-corrected chi connectivity index (χ2v) is 3.34. The van der Waals surface area contributed by atoms with Crippen LogP contribution in [0.15, 0.2) is 0 Å². The van der Waals surface area contributed by atoms with Gasteiger partial charge in [0.05, 0.1) is 0 Å². The number of rotatable bonds is 7. The van der Waals surface area contributed by atoms with E-state index in [1.165, 1.54) is 19.4 Å². The second kappa shape index (κ2) is 7.56. The normalized spacial score (nSPS) is 13.8. The van der Waals surface area contributed by atoms with E-state index in [1.807, 2.05) is 0 Å². The quantitative estimate of drug-likeness (QED) is 0.635. The molecule has 0 unspecified atom stereocenters. The molecule has 0 radical (unpaired) electrons. The number of nitrogens with zero attached hydrogens (tertiary/aromatic N) is 1. The van der Waals surface area contributed by atoms with E-state index in [-0.39, 0.29) is 0 Å². The van der Waals surface area contributed by atoms with Crippen molar-refractivity contribution in [3.8, 4) is 0 Å². The van der Waals surface area contributed by atoms with E-state index in [4.69, 9.17) is 5.73 Å². The van der Waals surface area contributed by atoms with Crippen LogP contribution in [0.1, 0.15) is 40.0 Å². The summed E-state index contributed by atoms with van der Waals surface area (Å²) in [7, 11) is 0. The first-order chi connectivity index (χ1) is 5.74. The first kappa shape index (κ1) is 11.9. The van der Waals surface area contributed by atoms with Crippen LogP contribution in [0.4, 0.5) is 0 Å². The predicted molar refractivity (Wildman–Crippen MR) is 55.3 cm³/mol. The van der Waals surface area contributed by atoms with Crippen molar-refractivity contribution in [3.05, 3.63) is 0 Å². The molecule has 2 heteroatoms. The first-order valence-corrected chi connectivity index (χ1v) is 5.22. The molecule has 0 aromatic rings. The predicted octanol–water partition coefficient (Wildman–Crippen LogP) is 1.85. The van der Waals surface area contributed by atoms with Gasteiger partial charge >= 0.3 is 0 Å². The van der Waals surface area contributed by atoms with Crippen molar-refractivity contribution in [3.63, 3.8) is 0 Å². The first-order valence-electron chi connectivity index (χ1n) is 5.22. The molecular weight excluding hydrogens is 148 g/mol. The van der Waals surface area contributed by atoms with Crippen molar-refractivity contribution < 1.29 is 0 Å². The Morgan fingerprint density at radius 3 is 2.17 bits per heavy atom. The molecule has 0 saturated carbocycles. The third kappa shape index (κ3) is 5.56. The smallest absolute Gasteiger partial charge is 0.00366 e. The lowest BCUT2D eigenvalue weighted by Crippen LogP contribution is -2.26. The van der Waals surface area contributed by atoms with Gasteiger partial charge in [0.25, 0.3) is 0 Å². The molecule has 2 N–H and O–H groups in total. The van der Waals surface area contributed by atoms with Gasteiger partial charge in [-0.25, -0.2) is 0 Å². The van der Waals surface area contributed by atoms with Crippen molar-refractivity contribution in [2.75, 3.05) is 19.6 Å². The minimum absolute atomic E-state index is 0.417. The highest BCUT2D eigenvalue weighted by Crippen LogP contribution is 2.00. The molecule has 12 heavy (non-hydrogen) atoms. The van der Waals surface area contributed by atoms with Crippen LogP contribution in [0.3, 0.4) is 0 Å². The highest BCUT2D eigenvalue weighted by atomic mass is 15.1. The van der Waals surface area contributed by atoms with E-state index in [2.05, 4.69) is 25.7 Å². The van der Waals surface area contributed by atoms with Crippen LogP contribution >= 0.6 is 0 Å². The summed E-state index contributed by atoms with van der Waals surface area (Å²) in [5.41, 5.74) is 5.82. The fourth-order valence-electron chi connectivity index (χ4n) is 1.32. The maximum atomic E-state index is 5.82. The van der Waals surface area contributed by atoms with E-state index in [1.54, 1.807) is 0 Å². The fourth-order valence-corrected chi connectivity index (χ4v) is 1.32. The highest BCUT2D eigenvalue weighted by molar-refractivity contribution is 4.60. The minimum Gasteiger partial charge on any atom is -0.328 e. The third-order valence-electron chi connectivity index (χ3n) is 2.47. The summed E-state index contributed by atoms with van der Waals surface area (Å²) in [5, 5.41) is 0. The minimum atomic E-state index is 0.417. The summed E-state index contributed by atoms with van der Waals surface area (Å²) in [6.07, 6.45) is 3.53. The molecular formula is C10H24N2. The standard InChI is InChI=1S/C10H24N2/c1-4-10(11)8-7-9-12(5-2)6-3/h10H,4-9,11H2,1-3H3/t10-/m1/s1. The Morgan fingerprint density at radius 2 is 1.75 bits per heavy atom. The topological polar surface area (TPSA) is 29.3 Å². The Labute approximate surface area is 77.1 Å². The lowest BCUT2D eigenvalue weighted by atomic mass is 10.1. The molecule has 0 aromatic carbocycles. The van der Waals surface area contributed by atoms with Gasteiger partial charge in [-0.2, -0.15) is 0 Å². The lowest BCUT2D eigenvalue weighted by molar-refractivity contribution is 0.292. The van der Waals surface area contributed by atoms with Crippen molar-refractivity contribution in [1.29, 1.82) is 0 Å². The van der Waals surface area contributed by atoms with Crippen molar-refractivity contribution in [2.45, 2.75) is 46.1 Å². The number of hydrogen-bond donors (Lipinski definition) is 1. The SMILES string of the molecule is CC[C@@H](N)CCCN(CC)CC. The molecule has 74 valence electrons. The monoisotopic (exact) mass is 172 g/mol. The number of nitrogens with two attached hydrogens (primary N) is 1. The Kier molecular flexibility index (Phi) is 7.51. The molecule has 0 rings (SSSR count). The van der Waals surface area contributed by atoms with Crippen LogP contribution in [0.2, 0.25) is 0 Å². The molecule has 0 amide bonds. The van der Waals surface area contributed by atoms with Gasteiger partial charge in [0.15, 0.2) is 0 Å². The molecule has 0 heterocycles. The van der Waals surface area contributed by atoms with Gasteiger partial charge in [0.2, 0.25) is 0 Å². The Hall–Kier alpha value is -0.0800. The average Bonchev–Trinajstić information content (AvgIpc) is 2.12. The second-order valence-electron chi connectivity index (χ2n) is 3.34. The Morgan fingerprint density at radius 1 is 1.17 bits per heavy atom. The molecule has 0 aliphatic carbocycles. The molecule has 0 aliphatic heterocycles. The van der Waals surface area contributed by atoms with Crippen LogP contribution in [0.5, 0.6) is 0 Å². The number of hydrogen-bond acceptors (Lipinski definition) is 2. The Bertz CT molecular complexity index is 89.8. The molecule has 1 atom stereocenters. The third-order valence-corrected chi connectivity index (χ3v) is 2.47. The van der Waals surface area contributed by atoms with E-state index in [9.17, 15) is 0 Å². The maximum absolute atomic E-state index is 5.82. The summed E-state index contributed by atoms with van der Waals surface area (Å²) in [6, 6.07) is 0.417. The van der Waals surface area contributed by atoms with E-state index in [0.29, 0.717) is 6.04 Å². The zero-order valence-corrected chi connectivity index (χ0v) is 8.84. The molecule has 0 bridgehead atoms. The summed E-state index contributed by atoms with van der Waals surface area (Å²) in [6.45, 7) is 10.1. The zero-order valence-electron chi connectivity index (χ0n) is 8.84. The van der Waals surface area contributed by atoms with Gasteiger partial charge in [0.1, 0.15) is 0 Å². The molecule has 0 saturated heterocycles. The fraction of sp³-hybridized carbons (Fsp3) is 1.00. The van der Waals surface area contributed by atoms with Crippen LogP contribution in [-0.4, -0.2) is 30.6 Å². The van der Waals surface area contributed by atoms with Gasteiger partial charge < -0.3 is 10.6 Å². The molecule has 0 aromatic heterocycles. The van der Waals surface area contributed by atoms with Crippen LogP contribution in [0.25, 0.3) is 0 Å². The maximum Gasteiger partial charge on any atom is 0.00366 e. The van der Waals surface area contributed by atoms with Crippen LogP contribution in [-0.2, 0) is 0 Å². The van der Waals surface area contributed by atoms with Gasteiger partial charge in [-0.1, -0.05) is 20.8 Å². The van der Waals surface area contributed by atoms with Crippen molar-refractivity contribution in [1.82, 2.24) is 4.90 Å². The molecule has 0 aliphatic rings. The molecule has 0 fully saturated rings. The summed E-state index contributed by atoms with van der Waals surface area (Å²) < 4.78 is 0. The average molecular weight is 172 g/mol.